The van der Waals surface area contributed by atoms with Gasteiger partial charge in [0, 0.05) is 5.69 Å². The van der Waals surface area contributed by atoms with Crippen LogP contribution in [0.4, 0.5) is 11.4 Å². The fraction of sp³-hybridized carbons (Fsp3) is 0.0952. The quantitative estimate of drug-likeness (QED) is 0.628. The summed E-state index contributed by atoms with van der Waals surface area (Å²) in [5.41, 5.74) is 1.56. The lowest BCUT2D eigenvalue weighted by molar-refractivity contribution is -0.114. The molecule has 0 aliphatic heterocycles. The Balaban J connectivity index is 1.61. The zero-order valence-electron chi connectivity index (χ0n) is 13.9. The summed E-state index contributed by atoms with van der Waals surface area (Å²) < 4.78 is 5.57. The monoisotopic (exact) mass is 332 g/mol. The van der Waals surface area contributed by atoms with Crippen molar-refractivity contribution in [2.75, 3.05) is 23.8 Å². The molecular formula is C21H20N2O2. The standard InChI is InChI=1S/C21H20N2O2/c1-2-13-25-20-10-6-5-9-19(20)22-15-21(24)23-18-12-11-16-7-3-4-8-17(16)14-18/h2-12,14,22H,1,13,15H2,(H,23,24). The van der Waals surface area contributed by atoms with Crippen LogP contribution in [0.25, 0.3) is 10.8 Å². The molecule has 3 rings (SSSR count). The predicted octanol–water partition coefficient (Wildman–Crippen LogP) is 4.46. The number of carbonyl (C=O) groups is 1. The molecule has 0 unspecified atom stereocenters. The molecule has 25 heavy (non-hydrogen) atoms. The number of rotatable bonds is 7. The van der Waals surface area contributed by atoms with Crippen LogP contribution in [-0.4, -0.2) is 19.1 Å². The molecule has 4 heteroatoms. The fourth-order valence-corrected chi connectivity index (χ4v) is 2.54. The number of para-hydroxylation sites is 2. The van der Waals surface area contributed by atoms with E-state index in [0.29, 0.717) is 12.4 Å². The van der Waals surface area contributed by atoms with E-state index < -0.39 is 0 Å². The Morgan fingerprint density at radius 2 is 1.76 bits per heavy atom. The first kappa shape index (κ1) is 16.6. The number of carbonyl (C=O) groups excluding carboxylic acids is 1. The second-order valence-corrected chi connectivity index (χ2v) is 5.56. The number of hydrogen-bond donors (Lipinski definition) is 2. The van der Waals surface area contributed by atoms with Gasteiger partial charge in [0.05, 0.1) is 12.2 Å². The van der Waals surface area contributed by atoms with Crippen LogP contribution in [0.1, 0.15) is 0 Å². The lowest BCUT2D eigenvalue weighted by atomic mass is 10.1. The van der Waals surface area contributed by atoms with Crippen LogP contribution in [0.5, 0.6) is 5.75 Å². The molecule has 1 amide bonds. The van der Waals surface area contributed by atoms with E-state index in [1.165, 1.54) is 0 Å². The molecule has 0 spiro atoms. The van der Waals surface area contributed by atoms with Gasteiger partial charge in [-0.05, 0) is 35.0 Å². The van der Waals surface area contributed by atoms with E-state index in [0.717, 1.165) is 22.1 Å². The van der Waals surface area contributed by atoms with Gasteiger partial charge in [-0.1, -0.05) is 55.1 Å². The molecule has 0 fully saturated rings. The Hall–Kier alpha value is -3.27. The molecule has 0 saturated carbocycles. The molecule has 0 bridgehead atoms. The third-order valence-corrected chi connectivity index (χ3v) is 3.72. The molecule has 0 atom stereocenters. The van der Waals surface area contributed by atoms with Crippen LogP contribution in [0.15, 0.2) is 79.4 Å². The summed E-state index contributed by atoms with van der Waals surface area (Å²) in [7, 11) is 0. The van der Waals surface area contributed by atoms with Gasteiger partial charge < -0.3 is 15.4 Å². The minimum atomic E-state index is -0.117. The maximum Gasteiger partial charge on any atom is 0.243 e. The summed E-state index contributed by atoms with van der Waals surface area (Å²) in [6.45, 7) is 4.21. The van der Waals surface area contributed by atoms with Crippen molar-refractivity contribution >= 4 is 28.1 Å². The minimum Gasteiger partial charge on any atom is -0.487 e. The third kappa shape index (κ3) is 4.38. The topological polar surface area (TPSA) is 50.4 Å². The highest BCUT2D eigenvalue weighted by Crippen LogP contribution is 2.23. The van der Waals surface area contributed by atoms with Gasteiger partial charge in [-0.15, -0.1) is 0 Å². The van der Waals surface area contributed by atoms with Gasteiger partial charge in [-0.2, -0.15) is 0 Å². The van der Waals surface area contributed by atoms with Gasteiger partial charge in [0.25, 0.3) is 0 Å². The zero-order valence-corrected chi connectivity index (χ0v) is 13.9. The molecule has 0 aromatic heterocycles. The number of fused-ring (bicyclic) bond motifs is 1. The molecule has 0 aliphatic rings. The van der Waals surface area contributed by atoms with Gasteiger partial charge in [-0.25, -0.2) is 0 Å². The van der Waals surface area contributed by atoms with Gasteiger partial charge in [0.1, 0.15) is 12.4 Å². The summed E-state index contributed by atoms with van der Waals surface area (Å²) in [5.74, 6) is 0.578. The van der Waals surface area contributed by atoms with Gasteiger partial charge >= 0.3 is 0 Å². The van der Waals surface area contributed by atoms with E-state index >= 15 is 0 Å². The molecule has 3 aromatic carbocycles. The molecule has 0 saturated heterocycles. The maximum absolute atomic E-state index is 12.2. The summed E-state index contributed by atoms with van der Waals surface area (Å²) in [5, 5.41) is 8.26. The Bertz CT molecular complexity index is 890. The van der Waals surface area contributed by atoms with E-state index in [4.69, 9.17) is 4.74 Å². The normalized spacial score (nSPS) is 10.2. The van der Waals surface area contributed by atoms with Crippen molar-refractivity contribution < 1.29 is 9.53 Å². The first-order chi connectivity index (χ1) is 12.3. The number of ether oxygens (including phenoxy) is 1. The third-order valence-electron chi connectivity index (χ3n) is 3.72. The molecule has 126 valence electrons. The van der Waals surface area contributed by atoms with Crippen LogP contribution in [0, 0.1) is 0 Å². The summed E-state index contributed by atoms with van der Waals surface area (Å²) in [4.78, 5) is 12.2. The first-order valence-corrected chi connectivity index (χ1v) is 8.11. The van der Waals surface area contributed by atoms with E-state index in [-0.39, 0.29) is 12.5 Å². The van der Waals surface area contributed by atoms with E-state index in [1.54, 1.807) is 6.08 Å². The molecule has 4 nitrogen and oxygen atoms in total. The largest absolute Gasteiger partial charge is 0.487 e. The van der Waals surface area contributed by atoms with Gasteiger partial charge in [0.15, 0.2) is 0 Å². The Labute approximate surface area is 147 Å². The Kier molecular flexibility index (Phi) is 5.32. The maximum atomic E-state index is 12.2. The van der Waals surface area contributed by atoms with Gasteiger partial charge in [0.2, 0.25) is 5.91 Å². The minimum absolute atomic E-state index is 0.117. The average Bonchev–Trinajstić information content (AvgIpc) is 2.65. The van der Waals surface area contributed by atoms with Crippen molar-refractivity contribution in [1.29, 1.82) is 0 Å². The molecule has 0 aliphatic carbocycles. The van der Waals surface area contributed by atoms with Crippen LogP contribution >= 0.6 is 0 Å². The molecule has 0 heterocycles. The number of benzene rings is 3. The molecule has 2 N–H and O–H groups in total. The molecular weight excluding hydrogens is 312 g/mol. The fourth-order valence-electron chi connectivity index (χ4n) is 2.54. The van der Waals surface area contributed by atoms with Crippen molar-refractivity contribution in [3.05, 3.63) is 79.4 Å². The van der Waals surface area contributed by atoms with Crippen molar-refractivity contribution in [1.82, 2.24) is 0 Å². The number of anilines is 2. The Morgan fingerprint density at radius 1 is 1.00 bits per heavy atom. The van der Waals surface area contributed by atoms with Gasteiger partial charge in [-0.3, -0.25) is 4.79 Å². The van der Waals surface area contributed by atoms with E-state index in [1.807, 2.05) is 66.7 Å². The first-order valence-electron chi connectivity index (χ1n) is 8.11. The summed E-state index contributed by atoms with van der Waals surface area (Å²) in [6.07, 6.45) is 1.68. The van der Waals surface area contributed by atoms with Crippen LogP contribution < -0.4 is 15.4 Å². The highest BCUT2D eigenvalue weighted by molar-refractivity contribution is 5.96. The van der Waals surface area contributed by atoms with Crippen molar-refractivity contribution in [3.63, 3.8) is 0 Å². The summed E-state index contributed by atoms with van der Waals surface area (Å²) >= 11 is 0. The zero-order chi connectivity index (χ0) is 17.5. The van der Waals surface area contributed by atoms with E-state index in [9.17, 15) is 4.79 Å². The van der Waals surface area contributed by atoms with Crippen molar-refractivity contribution in [2.24, 2.45) is 0 Å². The second-order valence-electron chi connectivity index (χ2n) is 5.56. The molecule has 0 radical (unpaired) electrons. The van der Waals surface area contributed by atoms with Crippen LogP contribution in [-0.2, 0) is 4.79 Å². The average molecular weight is 332 g/mol. The summed E-state index contributed by atoms with van der Waals surface area (Å²) in [6, 6.07) is 21.4. The smallest absolute Gasteiger partial charge is 0.243 e. The van der Waals surface area contributed by atoms with Crippen LogP contribution in [0.3, 0.4) is 0 Å². The highest BCUT2D eigenvalue weighted by atomic mass is 16.5. The Morgan fingerprint density at radius 3 is 2.60 bits per heavy atom. The number of hydrogen-bond acceptors (Lipinski definition) is 3. The van der Waals surface area contributed by atoms with E-state index in [2.05, 4.69) is 17.2 Å². The SMILES string of the molecule is C=CCOc1ccccc1NCC(=O)Nc1ccc2ccccc2c1. The van der Waals surface area contributed by atoms with Crippen LogP contribution in [0.2, 0.25) is 0 Å². The predicted molar refractivity (Wildman–Crippen MR) is 103 cm³/mol. The number of nitrogens with one attached hydrogen (secondary N) is 2. The van der Waals surface area contributed by atoms with Crippen molar-refractivity contribution in [3.8, 4) is 5.75 Å². The lowest BCUT2D eigenvalue weighted by Gasteiger charge is -2.12. The lowest BCUT2D eigenvalue weighted by Crippen LogP contribution is -2.22. The van der Waals surface area contributed by atoms with Crippen molar-refractivity contribution in [2.45, 2.75) is 0 Å². The highest BCUT2D eigenvalue weighted by Gasteiger charge is 2.06. The number of amides is 1. The second kappa shape index (κ2) is 8.02. The molecule has 3 aromatic rings.